The summed E-state index contributed by atoms with van der Waals surface area (Å²) in [5.41, 5.74) is 2.98. The number of carbonyl (C=O) groups excluding carboxylic acids is 1. The molecule has 4 unspecified atom stereocenters. The Morgan fingerprint density at radius 3 is 2.21 bits per heavy atom. The lowest BCUT2D eigenvalue weighted by Gasteiger charge is -2.31. The minimum absolute atomic E-state index is 0.0498. The number of benzene rings is 1. The molecule has 1 aromatic rings. The summed E-state index contributed by atoms with van der Waals surface area (Å²) in [6, 6.07) is 6.30. The number of unbranched alkanes of at least 4 members (excludes halogenated alkanes) is 10. The summed E-state index contributed by atoms with van der Waals surface area (Å²) in [6.45, 7) is 5.03. The van der Waals surface area contributed by atoms with Gasteiger partial charge in [0.2, 0.25) is 0 Å². The van der Waals surface area contributed by atoms with Crippen molar-refractivity contribution in [2.24, 2.45) is 27.7 Å². The number of hydrogen-bond acceptors (Lipinski definition) is 7. The number of aliphatic hydroxyl groups is 1. The molecule has 0 aromatic heterocycles. The van der Waals surface area contributed by atoms with Gasteiger partial charge in [0.1, 0.15) is 23.2 Å². The predicted octanol–water partition coefficient (Wildman–Crippen LogP) is 11.9. The quantitative estimate of drug-likeness (QED) is 0.0917. The van der Waals surface area contributed by atoms with Gasteiger partial charge in [0.05, 0.1) is 25.2 Å². The largest absolute Gasteiger partial charge is 0.512 e. The van der Waals surface area contributed by atoms with E-state index < -0.39 is 6.17 Å². The van der Waals surface area contributed by atoms with Crippen LogP contribution in [0.5, 0.6) is 5.75 Å². The van der Waals surface area contributed by atoms with Gasteiger partial charge in [-0.2, -0.15) is 0 Å². The summed E-state index contributed by atoms with van der Waals surface area (Å²) in [5.74, 6) is 3.06. The molecule has 1 saturated carbocycles. The second-order valence-corrected chi connectivity index (χ2v) is 15.7. The third kappa shape index (κ3) is 12.2. The van der Waals surface area contributed by atoms with Crippen LogP contribution in [0.3, 0.4) is 0 Å². The Kier molecular flexibility index (Phi) is 16.8. The molecule has 4 atom stereocenters. The smallest absolute Gasteiger partial charge is 0.337 e. The Hall–Kier alpha value is -3.61. The zero-order chi connectivity index (χ0) is 37.3. The Labute approximate surface area is 320 Å². The van der Waals surface area contributed by atoms with Crippen LogP contribution in [0.4, 0.5) is 0 Å². The molecule has 53 heavy (non-hydrogen) atoms. The maximum Gasteiger partial charge on any atom is 0.337 e. The number of allylic oxidation sites excluding steroid dienone is 4. The number of methoxy groups -OCH3 is 1. The molecule has 7 heteroatoms. The summed E-state index contributed by atoms with van der Waals surface area (Å²) in [7, 11) is 1.72. The fourth-order valence-electron chi connectivity index (χ4n) is 8.36. The van der Waals surface area contributed by atoms with Crippen molar-refractivity contribution in [3.63, 3.8) is 0 Å². The number of amidine groups is 2. The van der Waals surface area contributed by atoms with E-state index in [1.54, 1.807) is 13.2 Å². The van der Waals surface area contributed by atoms with Gasteiger partial charge in [-0.3, -0.25) is 0 Å². The Morgan fingerprint density at radius 1 is 0.887 bits per heavy atom. The van der Waals surface area contributed by atoms with Gasteiger partial charge in [-0.1, -0.05) is 140 Å². The van der Waals surface area contributed by atoms with E-state index in [2.05, 4.69) is 43.4 Å². The molecule has 1 aliphatic heterocycles. The van der Waals surface area contributed by atoms with Gasteiger partial charge in [0.25, 0.3) is 0 Å². The third-order valence-electron chi connectivity index (χ3n) is 11.7. The van der Waals surface area contributed by atoms with Crippen LogP contribution in [-0.4, -0.2) is 36.5 Å². The number of aliphatic imine (C=N–C) groups is 2. The van der Waals surface area contributed by atoms with Crippen LogP contribution in [0.1, 0.15) is 165 Å². The van der Waals surface area contributed by atoms with E-state index >= 15 is 0 Å². The zero-order valence-corrected chi connectivity index (χ0v) is 33.0. The SMILES string of the molecule is CCCCCCCCCC(CCCCCCC)COC(=O)C1=CCC(C2=NC(c3ccc(OC)cc3C3CCCC3)N=C(C3CC=CC=C3O)N2)C=C1. The van der Waals surface area contributed by atoms with E-state index in [0.29, 0.717) is 42.6 Å². The van der Waals surface area contributed by atoms with Crippen molar-refractivity contribution >= 4 is 17.6 Å². The summed E-state index contributed by atoms with van der Waals surface area (Å²) >= 11 is 0. The van der Waals surface area contributed by atoms with Crippen molar-refractivity contribution in [2.45, 2.75) is 154 Å². The standard InChI is InChI=1S/C46H67N3O4/c1-4-6-8-10-11-13-15-21-34(20-14-12-9-7-5-2)33-53-46(51)37-28-26-36(27-29-37)43-47-44(49-45(48-43)40-24-18-19-25-42(40)50)39-31-30-38(52-3)32-41(39)35-22-16-17-23-35/h18-19,25-26,28-32,34-36,40,44,50H,4-17,20-24,27,33H2,1-3H3,(H,47,48,49). The van der Waals surface area contributed by atoms with Crippen molar-refractivity contribution in [3.8, 4) is 5.75 Å². The van der Waals surface area contributed by atoms with E-state index in [1.807, 2.05) is 24.3 Å². The van der Waals surface area contributed by atoms with Gasteiger partial charge < -0.3 is 19.9 Å². The molecular formula is C46H67N3O4. The first-order valence-electron chi connectivity index (χ1n) is 21.2. The molecule has 290 valence electrons. The highest BCUT2D eigenvalue weighted by Gasteiger charge is 2.32. The van der Waals surface area contributed by atoms with Gasteiger partial charge in [0.15, 0.2) is 6.17 Å². The molecule has 4 aliphatic rings. The number of ether oxygens (including phenoxy) is 2. The molecule has 2 N–H and O–H groups in total. The van der Waals surface area contributed by atoms with Crippen LogP contribution in [0.25, 0.3) is 0 Å². The number of nitrogens with zero attached hydrogens (tertiary/aromatic N) is 2. The third-order valence-corrected chi connectivity index (χ3v) is 11.7. The highest BCUT2D eigenvalue weighted by molar-refractivity contribution is 6.06. The van der Waals surface area contributed by atoms with Crippen LogP contribution in [0.2, 0.25) is 0 Å². The number of esters is 1. The normalized spacial score (nSPS) is 22.1. The van der Waals surface area contributed by atoms with Crippen LogP contribution in [0, 0.1) is 17.8 Å². The van der Waals surface area contributed by atoms with Gasteiger partial charge >= 0.3 is 5.97 Å². The topological polar surface area (TPSA) is 92.5 Å². The lowest BCUT2D eigenvalue weighted by Crippen LogP contribution is -2.43. The fourth-order valence-corrected chi connectivity index (χ4v) is 8.36. The molecule has 1 heterocycles. The van der Waals surface area contributed by atoms with Gasteiger partial charge in [-0.15, -0.1) is 0 Å². The number of rotatable bonds is 22. The lowest BCUT2D eigenvalue weighted by molar-refractivity contribution is -0.140. The summed E-state index contributed by atoms with van der Waals surface area (Å²) < 4.78 is 11.6. The molecule has 1 aromatic carbocycles. The minimum Gasteiger partial charge on any atom is -0.512 e. The molecule has 1 fully saturated rings. The molecule has 0 radical (unpaired) electrons. The van der Waals surface area contributed by atoms with Gasteiger partial charge in [0, 0.05) is 11.5 Å². The van der Waals surface area contributed by atoms with E-state index in [1.165, 1.54) is 95.5 Å². The first-order valence-corrected chi connectivity index (χ1v) is 21.2. The Bertz CT molecular complexity index is 1500. The Balaban J connectivity index is 1.24. The van der Waals surface area contributed by atoms with Crippen LogP contribution < -0.4 is 10.1 Å². The van der Waals surface area contributed by atoms with Crippen LogP contribution in [0.15, 0.2) is 76.0 Å². The highest BCUT2D eigenvalue weighted by atomic mass is 16.5. The second-order valence-electron chi connectivity index (χ2n) is 15.7. The van der Waals surface area contributed by atoms with E-state index in [9.17, 15) is 9.90 Å². The monoisotopic (exact) mass is 726 g/mol. The first-order chi connectivity index (χ1) is 26.0. The number of hydrogen-bond donors (Lipinski definition) is 2. The molecule has 5 rings (SSSR count). The summed E-state index contributed by atoms with van der Waals surface area (Å²) in [5, 5.41) is 14.4. The average Bonchev–Trinajstić information content (AvgIpc) is 3.74. The first kappa shape index (κ1) is 40.6. The maximum absolute atomic E-state index is 13.4. The fraction of sp³-hybridized carbons (Fsp3) is 0.630. The summed E-state index contributed by atoms with van der Waals surface area (Å²) in [6.07, 6.45) is 35.1. The van der Waals surface area contributed by atoms with Gasteiger partial charge in [-0.25, -0.2) is 14.8 Å². The van der Waals surface area contributed by atoms with E-state index in [-0.39, 0.29) is 17.8 Å². The van der Waals surface area contributed by atoms with Gasteiger partial charge in [-0.05, 0) is 74.1 Å². The molecule has 0 saturated heterocycles. The predicted molar refractivity (Wildman–Crippen MR) is 219 cm³/mol. The average molecular weight is 726 g/mol. The van der Waals surface area contributed by atoms with Crippen molar-refractivity contribution in [1.82, 2.24) is 5.32 Å². The van der Waals surface area contributed by atoms with E-state index in [4.69, 9.17) is 19.5 Å². The van der Waals surface area contributed by atoms with Crippen molar-refractivity contribution < 1.29 is 19.4 Å². The highest BCUT2D eigenvalue weighted by Crippen LogP contribution is 2.41. The molecule has 0 amide bonds. The second kappa shape index (κ2) is 21.9. The zero-order valence-electron chi connectivity index (χ0n) is 33.0. The summed E-state index contributed by atoms with van der Waals surface area (Å²) in [4.78, 5) is 23.7. The number of aliphatic hydroxyl groups excluding tert-OH is 1. The van der Waals surface area contributed by atoms with Crippen molar-refractivity contribution in [1.29, 1.82) is 0 Å². The maximum atomic E-state index is 13.4. The minimum atomic E-state index is -0.430. The van der Waals surface area contributed by atoms with E-state index in [0.717, 1.165) is 48.7 Å². The lowest BCUT2D eigenvalue weighted by atomic mass is 9.90. The van der Waals surface area contributed by atoms with Crippen molar-refractivity contribution in [2.75, 3.05) is 13.7 Å². The number of nitrogens with one attached hydrogen (secondary N) is 1. The van der Waals surface area contributed by atoms with Crippen LogP contribution >= 0.6 is 0 Å². The molecular weight excluding hydrogens is 659 g/mol. The molecule has 7 nitrogen and oxygen atoms in total. The molecule has 3 aliphatic carbocycles. The van der Waals surface area contributed by atoms with Crippen LogP contribution in [-0.2, 0) is 9.53 Å². The molecule has 0 spiro atoms. The Morgan fingerprint density at radius 2 is 1.57 bits per heavy atom. The number of carbonyl (C=O) groups is 1. The van der Waals surface area contributed by atoms with Crippen molar-refractivity contribution in [3.05, 3.63) is 77.1 Å². The molecule has 0 bridgehead atoms.